The van der Waals surface area contributed by atoms with E-state index in [1.807, 2.05) is 0 Å². The Bertz CT molecular complexity index is 1420. The number of carbonyl (C=O) groups excluding carboxylic acids is 1. The van der Waals surface area contributed by atoms with Crippen LogP contribution in [0.5, 0.6) is 11.5 Å². The molecule has 1 aliphatic carbocycles. The van der Waals surface area contributed by atoms with Crippen molar-refractivity contribution in [2.45, 2.75) is 32.0 Å². The minimum atomic E-state index is -3.50. The van der Waals surface area contributed by atoms with Crippen molar-refractivity contribution >= 4 is 44.9 Å². The van der Waals surface area contributed by atoms with Crippen LogP contribution < -0.4 is 14.2 Å². The quantitative estimate of drug-likeness (QED) is 0.244. The number of hydrogen-bond donors (Lipinski definition) is 1. The molecule has 1 fully saturated rings. The molecule has 0 saturated heterocycles. The van der Waals surface area contributed by atoms with Crippen LogP contribution in [0.25, 0.3) is 0 Å². The summed E-state index contributed by atoms with van der Waals surface area (Å²) in [5.74, 6) is -0.436. The molecular formula is C26H24Cl2F2N2O6S. The molecule has 208 valence electrons. The maximum atomic E-state index is 13.1. The molecule has 0 amide bonds. The van der Waals surface area contributed by atoms with Crippen LogP contribution in [0.1, 0.15) is 40.4 Å². The van der Waals surface area contributed by atoms with Crippen molar-refractivity contribution in [2.24, 2.45) is 5.92 Å². The maximum absolute atomic E-state index is 13.1. The van der Waals surface area contributed by atoms with Gasteiger partial charge in [-0.1, -0.05) is 29.3 Å². The van der Waals surface area contributed by atoms with Gasteiger partial charge in [-0.2, -0.15) is 8.78 Å². The number of esters is 1. The zero-order chi connectivity index (χ0) is 28.2. The summed E-state index contributed by atoms with van der Waals surface area (Å²) in [6, 6.07) is 9.95. The highest BCUT2D eigenvalue weighted by atomic mass is 35.5. The number of rotatable bonds is 12. The first-order chi connectivity index (χ1) is 18.5. The molecule has 2 aromatic carbocycles. The smallest absolute Gasteiger partial charge is 0.387 e. The zero-order valence-electron chi connectivity index (χ0n) is 20.6. The Balaban J connectivity index is 1.64. The summed E-state index contributed by atoms with van der Waals surface area (Å²) in [6.07, 6.45) is 4.86. The third-order valence-electron chi connectivity index (χ3n) is 5.74. The number of nitrogens with zero attached hydrogens (tertiary/aromatic N) is 1. The number of alkyl halides is 2. The first-order valence-electron chi connectivity index (χ1n) is 11.8. The highest BCUT2D eigenvalue weighted by Crippen LogP contribution is 2.38. The number of hydrogen-bond acceptors (Lipinski definition) is 7. The van der Waals surface area contributed by atoms with E-state index >= 15 is 0 Å². The third kappa shape index (κ3) is 8.42. The molecule has 13 heteroatoms. The molecule has 0 radical (unpaired) electrons. The molecule has 1 saturated carbocycles. The number of aromatic nitrogens is 1. The van der Waals surface area contributed by atoms with Gasteiger partial charge < -0.3 is 14.2 Å². The van der Waals surface area contributed by atoms with E-state index in [1.54, 1.807) is 0 Å². The fourth-order valence-corrected chi connectivity index (χ4v) is 4.74. The van der Waals surface area contributed by atoms with Crippen LogP contribution in [-0.4, -0.2) is 38.8 Å². The molecule has 0 aliphatic heterocycles. The van der Waals surface area contributed by atoms with E-state index in [0.717, 1.165) is 19.1 Å². The van der Waals surface area contributed by atoms with E-state index < -0.39 is 28.7 Å². The molecule has 1 aliphatic rings. The average molecular weight is 601 g/mol. The summed E-state index contributed by atoms with van der Waals surface area (Å²) < 4.78 is 67.5. The number of sulfonamides is 1. The van der Waals surface area contributed by atoms with E-state index in [9.17, 15) is 22.0 Å². The molecule has 8 nitrogen and oxygen atoms in total. The van der Waals surface area contributed by atoms with Crippen LogP contribution in [0, 0.1) is 5.92 Å². The van der Waals surface area contributed by atoms with Crippen molar-refractivity contribution in [2.75, 3.05) is 17.6 Å². The predicted octanol–water partition coefficient (Wildman–Crippen LogP) is 6.29. The van der Waals surface area contributed by atoms with Crippen LogP contribution in [-0.2, 0) is 21.2 Å². The van der Waals surface area contributed by atoms with Gasteiger partial charge in [-0.25, -0.2) is 13.2 Å². The normalized spacial score (nSPS) is 14.1. The largest absolute Gasteiger partial charge is 0.489 e. The average Bonchev–Trinajstić information content (AvgIpc) is 3.69. The van der Waals surface area contributed by atoms with Crippen molar-refractivity contribution in [1.29, 1.82) is 0 Å². The molecule has 1 heterocycles. The number of pyridine rings is 1. The first kappa shape index (κ1) is 28.8. The minimum Gasteiger partial charge on any atom is -0.489 e. The van der Waals surface area contributed by atoms with Crippen molar-refractivity contribution in [3.8, 4) is 11.5 Å². The lowest BCUT2D eigenvalue weighted by molar-refractivity contribution is -0.0515. The summed E-state index contributed by atoms with van der Waals surface area (Å²) >= 11 is 12.6. The minimum absolute atomic E-state index is 0.0385. The van der Waals surface area contributed by atoms with Crippen molar-refractivity contribution in [3.63, 3.8) is 0 Å². The number of carbonyl (C=O) groups is 1. The Morgan fingerprint density at radius 3 is 2.33 bits per heavy atom. The lowest BCUT2D eigenvalue weighted by Gasteiger charge is -2.21. The fraction of sp³-hybridized carbons (Fsp3) is 0.308. The summed E-state index contributed by atoms with van der Waals surface area (Å²) in [4.78, 5) is 17.0. The summed E-state index contributed by atoms with van der Waals surface area (Å²) in [5.41, 5.74) is 1.31. The van der Waals surface area contributed by atoms with Crippen LogP contribution in [0.2, 0.25) is 10.0 Å². The Morgan fingerprint density at radius 2 is 1.74 bits per heavy atom. The van der Waals surface area contributed by atoms with E-state index in [-0.39, 0.29) is 39.2 Å². The summed E-state index contributed by atoms with van der Waals surface area (Å²) in [7, 11) is -3.50. The molecule has 0 bridgehead atoms. The van der Waals surface area contributed by atoms with E-state index in [2.05, 4.69) is 14.4 Å². The monoisotopic (exact) mass is 600 g/mol. The Morgan fingerprint density at radius 1 is 1.08 bits per heavy atom. The van der Waals surface area contributed by atoms with Crippen LogP contribution in [0.4, 0.5) is 14.5 Å². The second-order valence-electron chi connectivity index (χ2n) is 8.97. The van der Waals surface area contributed by atoms with Crippen molar-refractivity contribution in [3.05, 3.63) is 81.6 Å². The molecule has 1 aromatic heterocycles. The van der Waals surface area contributed by atoms with Crippen LogP contribution in [0.3, 0.4) is 0 Å². The molecule has 0 spiro atoms. The van der Waals surface area contributed by atoms with Gasteiger partial charge >= 0.3 is 12.6 Å². The molecule has 3 aromatic rings. The molecular weight excluding hydrogens is 577 g/mol. The standard InChI is InChI=1S/C26H24Cl2F2N2O6S/c1-39(34,35)32-18-7-4-16(5-8-18)25(33)37-23(11-19-20(27)12-31-13-21(19)28)17-6-9-22(38-26(29)30)24(10-17)36-14-15-2-3-15/h4-10,12-13,15,23,26,32H,2-3,11,14H2,1H3. The van der Waals surface area contributed by atoms with E-state index in [4.69, 9.17) is 32.7 Å². The van der Waals surface area contributed by atoms with Gasteiger partial charge in [-0.15, -0.1) is 0 Å². The van der Waals surface area contributed by atoms with Gasteiger partial charge in [-0.3, -0.25) is 9.71 Å². The van der Waals surface area contributed by atoms with Gasteiger partial charge in [0.1, 0.15) is 6.10 Å². The van der Waals surface area contributed by atoms with Gasteiger partial charge in [0, 0.05) is 24.5 Å². The van der Waals surface area contributed by atoms with Gasteiger partial charge in [0.15, 0.2) is 11.5 Å². The number of halogens is 4. The highest BCUT2D eigenvalue weighted by molar-refractivity contribution is 7.92. The Labute approximate surface area is 234 Å². The SMILES string of the molecule is CS(=O)(=O)Nc1ccc(C(=O)OC(Cc2c(Cl)cncc2Cl)c2ccc(OC(F)F)c(OCC3CC3)c2)cc1. The van der Waals surface area contributed by atoms with Crippen molar-refractivity contribution < 1.29 is 36.2 Å². The van der Waals surface area contributed by atoms with Crippen molar-refractivity contribution in [1.82, 2.24) is 4.98 Å². The van der Waals surface area contributed by atoms with Gasteiger partial charge in [0.2, 0.25) is 10.0 Å². The number of anilines is 1. The van der Waals surface area contributed by atoms with E-state index in [1.165, 1.54) is 54.9 Å². The van der Waals surface area contributed by atoms with Gasteiger partial charge in [0.05, 0.1) is 28.5 Å². The topological polar surface area (TPSA) is 104 Å². The number of nitrogens with one attached hydrogen (secondary N) is 1. The molecule has 1 atom stereocenters. The van der Waals surface area contributed by atoms with Gasteiger partial charge in [-0.05, 0) is 66.3 Å². The lowest BCUT2D eigenvalue weighted by atomic mass is 10.0. The Hall–Kier alpha value is -3.15. The Kier molecular flexibility index (Phi) is 9.14. The first-order valence-corrected chi connectivity index (χ1v) is 14.4. The second kappa shape index (κ2) is 12.4. The highest BCUT2D eigenvalue weighted by Gasteiger charge is 2.26. The molecule has 4 rings (SSSR count). The lowest BCUT2D eigenvalue weighted by Crippen LogP contribution is -2.16. The number of benzene rings is 2. The summed E-state index contributed by atoms with van der Waals surface area (Å²) in [6.45, 7) is -2.72. The maximum Gasteiger partial charge on any atom is 0.387 e. The second-order valence-corrected chi connectivity index (χ2v) is 11.5. The third-order valence-corrected chi connectivity index (χ3v) is 7.00. The van der Waals surface area contributed by atoms with Gasteiger partial charge in [0.25, 0.3) is 0 Å². The van der Waals surface area contributed by atoms with E-state index in [0.29, 0.717) is 23.7 Å². The number of ether oxygens (including phenoxy) is 3. The van der Waals surface area contributed by atoms with Crippen LogP contribution in [0.15, 0.2) is 54.9 Å². The predicted molar refractivity (Wildman–Crippen MR) is 142 cm³/mol. The summed E-state index contributed by atoms with van der Waals surface area (Å²) in [5, 5.41) is 0.505. The zero-order valence-corrected chi connectivity index (χ0v) is 22.9. The fourth-order valence-electron chi connectivity index (χ4n) is 3.65. The molecule has 1 unspecified atom stereocenters. The molecule has 1 N–H and O–H groups in total. The van der Waals surface area contributed by atoms with Crippen LogP contribution >= 0.6 is 23.2 Å². The molecule has 39 heavy (non-hydrogen) atoms.